The molecule has 0 unspecified atom stereocenters. The summed E-state index contributed by atoms with van der Waals surface area (Å²) in [7, 11) is 0. The van der Waals surface area contributed by atoms with Gasteiger partial charge < -0.3 is 4.74 Å². The molecule has 0 spiro atoms. The Morgan fingerprint density at radius 3 is 1.93 bits per heavy atom. The highest BCUT2D eigenvalue weighted by Gasteiger charge is 2.25. The average Bonchev–Trinajstić information content (AvgIpc) is 2.73. The molecular formula is C20H13F5N2O. The van der Waals surface area contributed by atoms with Crippen molar-refractivity contribution in [3.05, 3.63) is 94.8 Å². The Bertz CT molecular complexity index is 963. The summed E-state index contributed by atoms with van der Waals surface area (Å²) < 4.78 is 71.9. The number of hydrogen-bond donors (Lipinski definition) is 1. The van der Waals surface area contributed by atoms with Gasteiger partial charge in [0.15, 0.2) is 23.3 Å². The van der Waals surface area contributed by atoms with Crippen LogP contribution in [-0.2, 0) is 6.61 Å². The number of anilines is 1. The first kappa shape index (κ1) is 19.3. The number of nitrogens with zero attached hydrogens (tertiary/aromatic N) is 1. The second-order valence-electron chi connectivity index (χ2n) is 5.66. The molecule has 0 aliphatic heterocycles. The van der Waals surface area contributed by atoms with Crippen LogP contribution >= 0.6 is 0 Å². The van der Waals surface area contributed by atoms with E-state index in [1.807, 2.05) is 35.8 Å². The minimum atomic E-state index is -2.23. The Morgan fingerprint density at radius 1 is 0.750 bits per heavy atom. The van der Waals surface area contributed by atoms with Crippen LogP contribution in [0.15, 0.2) is 59.7 Å². The molecule has 0 saturated heterocycles. The second-order valence-corrected chi connectivity index (χ2v) is 5.66. The maximum Gasteiger partial charge on any atom is 0.200 e. The quantitative estimate of drug-likeness (QED) is 0.200. The fourth-order valence-corrected chi connectivity index (χ4v) is 2.27. The van der Waals surface area contributed by atoms with Crippen molar-refractivity contribution >= 4 is 11.9 Å². The van der Waals surface area contributed by atoms with E-state index in [-0.39, 0.29) is 0 Å². The van der Waals surface area contributed by atoms with E-state index in [0.29, 0.717) is 17.9 Å². The van der Waals surface area contributed by atoms with E-state index in [4.69, 9.17) is 4.74 Å². The maximum absolute atomic E-state index is 13.5. The van der Waals surface area contributed by atoms with Crippen LogP contribution in [-0.4, -0.2) is 6.21 Å². The van der Waals surface area contributed by atoms with Gasteiger partial charge in [0, 0.05) is 0 Å². The van der Waals surface area contributed by atoms with Crippen LogP contribution < -0.4 is 10.2 Å². The number of hydrogen-bond acceptors (Lipinski definition) is 3. The zero-order chi connectivity index (χ0) is 20.1. The van der Waals surface area contributed by atoms with Crippen LogP contribution in [0.25, 0.3) is 0 Å². The van der Waals surface area contributed by atoms with E-state index in [9.17, 15) is 22.0 Å². The molecule has 8 heteroatoms. The van der Waals surface area contributed by atoms with Gasteiger partial charge in [0.1, 0.15) is 18.0 Å². The smallest absolute Gasteiger partial charge is 0.200 e. The number of ether oxygens (including phenoxy) is 1. The molecule has 0 aliphatic rings. The van der Waals surface area contributed by atoms with Crippen LogP contribution in [0.3, 0.4) is 0 Å². The van der Waals surface area contributed by atoms with Gasteiger partial charge in [0.2, 0.25) is 5.82 Å². The summed E-state index contributed by atoms with van der Waals surface area (Å²) >= 11 is 0. The minimum Gasteiger partial charge on any atom is -0.489 e. The van der Waals surface area contributed by atoms with E-state index < -0.39 is 34.8 Å². The normalized spacial score (nSPS) is 11.0. The monoisotopic (exact) mass is 392 g/mol. The molecular weight excluding hydrogens is 379 g/mol. The van der Waals surface area contributed by atoms with Crippen LogP contribution in [0.4, 0.5) is 27.6 Å². The van der Waals surface area contributed by atoms with Gasteiger partial charge in [-0.25, -0.2) is 22.0 Å². The summed E-state index contributed by atoms with van der Waals surface area (Å²) in [6, 6.07) is 16.1. The lowest BCUT2D eigenvalue weighted by molar-refractivity contribution is 0.306. The topological polar surface area (TPSA) is 33.6 Å². The van der Waals surface area contributed by atoms with Crippen LogP contribution in [0.5, 0.6) is 5.75 Å². The average molecular weight is 392 g/mol. The number of halogens is 5. The number of rotatable bonds is 6. The standard InChI is InChI=1S/C20H13F5N2O/c21-15-16(22)18(24)20(19(25)17(15)23)27-26-10-12-6-8-14(9-7-12)28-11-13-4-2-1-3-5-13/h1-10,27H,11H2/b26-10+. The first-order valence-corrected chi connectivity index (χ1v) is 8.04. The SMILES string of the molecule is Fc1c(F)c(F)c(N/N=C/c2ccc(OCc3ccccc3)cc2)c(F)c1F. The zero-order valence-corrected chi connectivity index (χ0v) is 14.2. The summed E-state index contributed by atoms with van der Waals surface area (Å²) in [6.45, 7) is 0.385. The van der Waals surface area contributed by atoms with Gasteiger partial charge in [-0.2, -0.15) is 5.10 Å². The van der Waals surface area contributed by atoms with E-state index in [2.05, 4.69) is 5.10 Å². The molecule has 28 heavy (non-hydrogen) atoms. The highest BCUT2D eigenvalue weighted by Crippen LogP contribution is 2.27. The Hall–Kier alpha value is -3.42. The lowest BCUT2D eigenvalue weighted by atomic mass is 10.2. The summed E-state index contributed by atoms with van der Waals surface area (Å²) in [5, 5.41) is 3.52. The molecule has 0 saturated carbocycles. The maximum atomic E-state index is 13.5. The van der Waals surface area contributed by atoms with Gasteiger partial charge in [0.05, 0.1) is 6.21 Å². The molecule has 3 aromatic carbocycles. The van der Waals surface area contributed by atoms with E-state index in [1.54, 1.807) is 24.3 Å². The predicted octanol–water partition coefficient (Wildman–Crippen LogP) is 5.41. The molecule has 1 N–H and O–H groups in total. The first-order chi connectivity index (χ1) is 13.5. The van der Waals surface area contributed by atoms with Crippen LogP contribution in [0.2, 0.25) is 0 Å². The summed E-state index contributed by atoms with van der Waals surface area (Å²) in [5.41, 5.74) is 2.13. The third-order valence-electron chi connectivity index (χ3n) is 3.73. The first-order valence-electron chi connectivity index (χ1n) is 8.04. The predicted molar refractivity (Wildman–Crippen MR) is 94.7 cm³/mol. The highest BCUT2D eigenvalue weighted by atomic mass is 19.2. The van der Waals surface area contributed by atoms with Crippen molar-refractivity contribution in [1.82, 2.24) is 0 Å². The molecule has 3 nitrogen and oxygen atoms in total. The molecule has 0 bridgehead atoms. The fraction of sp³-hybridized carbons (Fsp3) is 0.0500. The van der Waals surface area contributed by atoms with Gasteiger partial charge in [-0.3, -0.25) is 5.43 Å². The van der Waals surface area contributed by atoms with Crippen molar-refractivity contribution in [2.24, 2.45) is 5.10 Å². The molecule has 0 aromatic heterocycles. The van der Waals surface area contributed by atoms with Crippen molar-refractivity contribution in [2.75, 3.05) is 5.43 Å². The molecule has 0 radical (unpaired) electrons. The lowest BCUT2D eigenvalue weighted by Crippen LogP contribution is -2.06. The van der Waals surface area contributed by atoms with E-state index >= 15 is 0 Å². The molecule has 0 aliphatic carbocycles. The number of benzene rings is 3. The molecule has 144 valence electrons. The highest BCUT2D eigenvalue weighted by molar-refractivity contribution is 5.80. The van der Waals surface area contributed by atoms with Gasteiger partial charge >= 0.3 is 0 Å². The molecule has 0 amide bonds. The van der Waals surface area contributed by atoms with Gasteiger partial charge in [-0.1, -0.05) is 30.3 Å². The number of nitrogens with one attached hydrogen (secondary N) is 1. The third-order valence-corrected chi connectivity index (χ3v) is 3.73. The van der Waals surface area contributed by atoms with Crippen LogP contribution in [0, 0.1) is 29.1 Å². The molecule has 0 heterocycles. The molecule has 0 atom stereocenters. The summed E-state index contributed by atoms with van der Waals surface area (Å²) in [5.74, 6) is -9.70. The van der Waals surface area contributed by atoms with Crippen molar-refractivity contribution in [1.29, 1.82) is 0 Å². The van der Waals surface area contributed by atoms with Gasteiger partial charge in [-0.15, -0.1) is 0 Å². The van der Waals surface area contributed by atoms with Crippen molar-refractivity contribution in [2.45, 2.75) is 6.61 Å². The van der Waals surface area contributed by atoms with Crippen molar-refractivity contribution in [3.8, 4) is 5.75 Å². The fourth-order valence-electron chi connectivity index (χ4n) is 2.27. The zero-order valence-electron chi connectivity index (χ0n) is 14.2. The van der Waals surface area contributed by atoms with Gasteiger partial charge in [-0.05, 0) is 35.4 Å². The summed E-state index contributed by atoms with van der Waals surface area (Å²) in [6.07, 6.45) is 1.17. The minimum absolute atomic E-state index is 0.385. The van der Waals surface area contributed by atoms with E-state index in [1.165, 1.54) is 6.21 Å². The Morgan fingerprint density at radius 2 is 1.32 bits per heavy atom. The third kappa shape index (κ3) is 4.28. The number of hydrazone groups is 1. The molecule has 3 aromatic rings. The lowest BCUT2D eigenvalue weighted by Gasteiger charge is -2.07. The largest absolute Gasteiger partial charge is 0.489 e. The van der Waals surface area contributed by atoms with Crippen molar-refractivity contribution < 1.29 is 26.7 Å². The molecule has 0 fully saturated rings. The Labute approximate surface area is 157 Å². The molecule has 3 rings (SSSR count). The Kier molecular flexibility index (Phi) is 5.88. The summed E-state index contributed by atoms with van der Waals surface area (Å²) in [4.78, 5) is 0. The van der Waals surface area contributed by atoms with Crippen molar-refractivity contribution in [3.63, 3.8) is 0 Å². The second kappa shape index (κ2) is 8.51. The Balaban J connectivity index is 1.64. The van der Waals surface area contributed by atoms with Crippen LogP contribution in [0.1, 0.15) is 11.1 Å². The van der Waals surface area contributed by atoms with Gasteiger partial charge in [0.25, 0.3) is 0 Å². The van der Waals surface area contributed by atoms with E-state index in [0.717, 1.165) is 5.56 Å².